The smallest absolute Gasteiger partial charge is 0.0643 e. The van der Waals surface area contributed by atoms with Gasteiger partial charge in [-0.1, -0.05) is 42.7 Å². The molecule has 1 aromatic carbocycles. The minimum atomic E-state index is -0.428. The number of hydrogen-bond donors (Lipinski definition) is 2. The number of halogens is 1. The molecule has 1 rings (SSSR count). The van der Waals surface area contributed by atoms with Crippen molar-refractivity contribution < 1.29 is 10.2 Å². The van der Waals surface area contributed by atoms with E-state index in [9.17, 15) is 5.11 Å². The zero-order valence-electron chi connectivity index (χ0n) is 10.6. The summed E-state index contributed by atoms with van der Waals surface area (Å²) in [6.07, 6.45) is 4.73. The standard InChI is InChI=1S/C15H21ClO2/c1-2-14(12-7-9-13(16)10-8-12)15(18)6-4-3-5-11-17/h2,7-10,14-15,17-18H,1,3-6,11H2/t14-,15-/m1/s1. The van der Waals surface area contributed by atoms with Crippen LogP contribution in [0.25, 0.3) is 0 Å². The molecule has 2 nitrogen and oxygen atoms in total. The highest BCUT2D eigenvalue weighted by molar-refractivity contribution is 6.30. The summed E-state index contributed by atoms with van der Waals surface area (Å²) in [6, 6.07) is 7.50. The fraction of sp³-hybridized carbons (Fsp3) is 0.467. The van der Waals surface area contributed by atoms with Gasteiger partial charge in [-0.3, -0.25) is 0 Å². The summed E-state index contributed by atoms with van der Waals surface area (Å²) in [6.45, 7) is 4.01. The maximum absolute atomic E-state index is 10.2. The van der Waals surface area contributed by atoms with Crippen LogP contribution in [0.15, 0.2) is 36.9 Å². The topological polar surface area (TPSA) is 40.5 Å². The van der Waals surface area contributed by atoms with Crippen LogP contribution >= 0.6 is 11.6 Å². The summed E-state index contributed by atoms with van der Waals surface area (Å²) in [7, 11) is 0. The lowest BCUT2D eigenvalue weighted by Gasteiger charge is -2.20. The summed E-state index contributed by atoms with van der Waals surface area (Å²) in [5.41, 5.74) is 1.03. The van der Waals surface area contributed by atoms with Gasteiger partial charge in [0.15, 0.2) is 0 Å². The van der Waals surface area contributed by atoms with Crippen LogP contribution in [0.1, 0.15) is 37.2 Å². The molecule has 0 bridgehead atoms. The Balaban J connectivity index is 2.54. The summed E-state index contributed by atoms with van der Waals surface area (Å²) in [5.74, 6) is -0.0589. The Morgan fingerprint density at radius 3 is 2.39 bits per heavy atom. The Hall–Kier alpha value is -0.830. The van der Waals surface area contributed by atoms with E-state index in [4.69, 9.17) is 16.7 Å². The molecule has 0 radical (unpaired) electrons. The molecule has 2 atom stereocenters. The molecule has 0 aliphatic carbocycles. The molecule has 3 heteroatoms. The molecule has 2 N–H and O–H groups in total. The largest absolute Gasteiger partial charge is 0.396 e. The lowest BCUT2D eigenvalue weighted by molar-refractivity contribution is 0.144. The van der Waals surface area contributed by atoms with Gasteiger partial charge in [-0.15, -0.1) is 6.58 Å². The second-order valence-corrected chi connectivity index (χ2v) is 4.89. The number of benzene rings is 1. The summed E-state index contributed by atoms with van der Waals surface area (Å²) < 4.78 is 0. The quantitative estimate of drug-likeness (QED) is 0.559. The Kier molecular flexibility index (Phi) is 7.02. The zero-order valence-corrected chi connectivity index (χ0v) is 11.3. The Labute approximate surface area is 114 Å². The van der Waals surface area contributed by atoms with E-state index in [0.29, 0.717) is 5.02 Å². The predicted molar refractivity (Wildman–Crippen MR) is 76.0 cm³/mol. The van der Waals surface area contributed by atoms with E-state index in [0.717, 1.165) is 31.2 Å². The van der Waals surface area contributed by atoms with Crippen LogP contribution in [0.5, 0.6) is 0 Å². The molecule has 100 valence electrons. The molecule has 1 aromatic rings. The fourth-order valence-electron chi connectivity index (χ4n) is 2.02. The minimum absolute atomic E-state index is 0.0589. The van der Waals surface area contributed by atoms with Crippen LogP contribution in [-0.4, -0.2) is 22.9 Å². The first-order valence-corrected chi connectivity index (χ1v) is 6.73. The molecule has 0 heterocycles. The van der Waals surface area contributed by atoms with Crippen molar-refractivity contribution in [1.29, 1.82) is 0 Å². The molecule has 0 amide bonds. The van der Waals surface area contributed by atoms with Gasteiger partial charge < -0.3 is 10.2 Å². The van der Waals surface area contributed by atoms with Gasteiger partial charge in [0.1, 0.15) is 0 Å². The third kappa shape index (κ3) is 4.81. The molecule has 0 aromatic heterocycles. The Morgan fingerprint density at radius 2 is 1.83 bits per heavy atom. The molecular weight excluding hydrogens is 248 g/mol. The predicted octanol–water partition coefficient (Wildman–Crippen LogP) is 3.52. The van der Waals surface area contributed by atoms with Crippen LogP contribution in [-0.2, 0) is 0 Å². The first-order chi connectivity index (χ1) is 8.69. The summed E-state index contributed by atoms with van der Waals surface area (Å²) >= 11 is 5.85. The third-order valence-corrected chi connectivity index (χ3v) is 3.33. The van der Waals surface area contributed by atoms with Crippen molar-refractivity contribution in [2.24, 2.45) is 0 Å². The molecule has 0 aliphatic heterocycles. The molecule has 0 saturated carbocycles. The van der Waals surface area contributed by atoms with E-state index < -0.39 is 6.10 Å². The Morgan fingerprint density at radius 1 is 1.17 bits per heavy atom. The van der Waals surface area contributed by atoms with Gasteiger partial charge in [0.05, 0.1) is 6.10 Å². The minimum Gasteiger partial charge on any atom is -0.396 e. The lowest BCUT2D eigenvalue weighted by atomic mass is 9.90. The van der Waals surface area contributed by atoms with Gasteiger partial charge in [0, 0.05) is 17.5 Å². The second kappa shape index (κ2) is 8.30. The van der Waals surface area contributed by atoms with Gasteiger partial charge >= 0.3 is 0 Å². The van der Waals surface area contributed by atoms with E-state index in [-0.39, 0.29) is 12.5 Å². The van der Waals surface area contributed by atoms with E-state index in [1.165, 1.54) is 0 Å². The van der Waals surface area contributed by atoms with E-state index in [2.05, 4.69) is 6.58 Å². The number of aliphatic hydroxyl groups excluding tert-OH is 2. The Bertz CT molecular complexity index is 348. The van der Waals surface area contributed by atoms with Crippen molar-refractivity contribution in [3.05, 3.63) is 47.5 Å². The third-order valence-electron chi connectivity index (χ3n) is 3.08. The van der Waals surface area contributed by atoms with Crippen LogP contribution < -0.4 is 0 Å². The molecular formula is C15H21ClO2. The molecule has 0 aliphatic rings. The molecule has 0 spiro atoms. The molecule has 0 fully saturated rings. The maximum atomic E-state index is 10.2. The molecule has 18 heavy (non-hydrogen) atoms. The number of unbranched alkanes of at least 4 members (excludes halogenated alkanes) is 2. The zero-order chi connectivity index (χ0) is 13.4. The maximum Gasteiger partial charge on any atom is 0.0643 e. The van der Waals surface area contributed by atoms with Crippen molar-refractivity contribution in [3.8, 4) is 0 Å². The monoisotopic (exact) mass is 268 g/mol. The number of rotatable bonds is 8. The molecule has 0 unspecified atom stereocenters. The fourth-order valence-corrected chi connectivity index (χ4v) is 2.15. The van der Waals surface area contributed by atoms with Gasteiger partial charge in [-0.2, -0.15) is 0 Å². The average molecular weight is 269 g/mol. The van der Waals surface area contributed by atoms with Crippen molar-refractivity contribution in [2.45, 2.75) is 37.7 Å². The van der Waals surface area contributed by atoms with Gasteiger partial charge in [-0.25, -0.2) is 0 Å². The van der Waals surface area contributed by atoms with E-state index >= 15 is 0 Å². The lowest BCUT2D eigenvalue weighted by Crippen LogP contribution is -2.16. The number of hydrogen-bond acceptors (Lipinski definition) is 2. The van der Waals surface area contributed by atoms with Gasteiger partial charge in [0.2, 0.25) is 0 Å². The van der Waals surface area contributed by atoms with Crippen LogP contribution in [0.2, 0.25) is 5.02 Å². The highest BCUT2D eigenvalue weighted by Crippen LogP contribution is 2.25. The van der Waals surface area contributed by atoms with Crippen molar-refractivity contribution in [3.63, 3.8) is 0 Å². The van der Waals surface area contributed by atoms with Crippen LogP contribution in [0.4, 0.5) is 0 Å². The first kappa shape index (κ1) is 15.2. The highest BCUT2D eigenvalue weighted by Gasteiger charge is 2.17. The van der Waals surface area contributed by atoms with Crippen LogP contribution in [0.3, 0.4) is 0 Å². The average Bonchev–Trinajstić information content (AvgIpc) is 2.38. The summed E-state index contributed by atoms with van der Waals surface area (Å²) in [4.78, 5) is 0. The second-order valence-electron chi connectivity index (χ2n) is 4.45. The van der Waals surface area contributed by atoms with Crippen LogP contribution in [0, 0.1) is 0 Å². The summed E-state index contributed by atoms with van der Waals surface area (Å²) in [5, 5.41) is 19.6. The number of aliphatic hydroxyl groups is 2. The van der Waals surface area contributed by atoms with Crippen molar-refractivity contribution in [1.82, 2.24) is 0 Å². The first-order valence-electron chi connectivity index (χ1n) is 6.36. The van der Waals surface area contributed by atoms with E-state index in [1.807, 2.05) is 24.3 Å². The normalized spacial score (nSPS) is 14.2. The highest BCUT2D eigenvalue weighted by atomic mass is 35.5. The van der Waals surface area contributed by atoms with E-state index in [1.54, 1.807) is 6.08 Å². The van der Waals surface area contributed by atoms with Gasteiger partial charge in [0.25, 0.3) is 0 Å². The van der Waals surface area contributed by atoms with Gasteiger partial charge in [-0.05, 0) is 30.5 Å². The molecule has 0 saturated heterocycles. The van der Waals surface area contributed by atoms with Crippen molar-refractivity contribution in [2.75, 3.05) is 6.61 Å². The SMILES string of the molecule is C=C[C@H](c1ccc(Cl)cc1)[C@H](O)CCCCCO. The van der Waals surface area contributed by atoms with Crippen molar-refractivity contribution >= 4 is 11.6 Å².